The number of carbonyl (C=O) groups is 1. The molecular weight excluding hydrogens is 233 g/mol. The SMILES string of the molecule is CC(C)(NC(=O)c1cnc[nH]1)c1ccccc1F. The van der Waals surface area contributed by atoms with Crippen LogP contribution in [-0.2, 0) is 5.54 Å². The zero-order valence-corrected chi connectivity index (χ0v) is 10.2. The zero-order valence-electron chi connectivity index (χ0n) is 10.2. The number of H-pyrrole nitrogens is 1. The molecule has 0 aliphatic heterocycles. The van der Waals surface area contributed by atoms with Crippen molar-refractivity contribution in [3.63, 3.8) is 0 Å². The molecule has 1 heterocycles. The van der Waals surface area contributed by atoms with Gasteiger partial charge in [0.15, 0.2) is 0 Å². The Kier molecular flexibility index (Phi) is 3.14. The Bertz CT molecular complexity index is 549. The molecule has 0 radical (unpaired) electrons. The second-order valence-electron chi connectivity index (χ2n) is 4.52. The molecule has 1 aromatic heterocycles. The average molecular weight is 247 g/mol. The molecule has 4 nitrogen and oxygen atoms in total. The van der Waals surface area contributed by atoms with E-state index in [1.807, 2.05) is 0 Å². The van der Waals surface area contributed by atoms with E-state index < -0.39 is 5.54 Å². The van der Waals surface area contributed by atoms with Gasteiger partial charge in [0.2, 0.25) is 0 Å². The Morgan fingerprint density at radius 3 is 2.72 bits per heavy atom. The first-order chi connectivity index (χ1) is 8.50. The first-order valence-electron chi connectivity index (χ1n) is 5.56. The largest absolute Gasteiger partial charge is 0.342 e. The van der Waals surface area contributed by atoms with Crippen LogP contribution in [0, 0.1) is 5.82 Å². The average Bonchev–Trinajstić information content (AvgIpc) is 2.82. The van der Waals surface area contributed by atoms with E-state index in [1.54, 1.807) is 32.0 Å². The predicted molar refractivity (Wildman–Crippen MR) is 65.5 cm³/mol. The molecule has 0 unspecified atom stereocenters. The summed E-state index contributed by atoms with van der Waals surface area (Å²) in [5.41, 5.74) is -0.00893. The van der Waals surface area contributed by atoms with Gasteiger partial charge in [-0.3, -0.25) is 4.79 Å². The van der Waals surface area contributed by atoms with Crippen LogP contribution >= 0.6 is 0 Å². The summed E-state index contributed by atoms with van der Waals surface area (Å²) in [4.78, 5) is 18.4. The highest BCUT2D eigenvalue weighted by Crippen LogP contribution is 2.23. The molecule has 0 bridgehead atoms. The van der Waals surface area contributed by atoms with Crippen LogP contribution in [0.25, 0.3) is 0 Å². The maximum atomic E-state index is 13.7. The van der Waals surface area contributed by atoms with Crippen molar-refractivity contribution >= 4 is 5.91 Å². The Morgan fingerprint density at radius 2 is 2.11 bits per heavy atom. The molecule has 0 spiro atoms. The number of aromatic amines is 1. The van der Waals surface area contributed by atoms with E-state index >= 15 is 0 Å². The van der Waals surface area contributed by atoms with Crippen LogP contribution in [0.4, 0.5) is 4.39 Å². The molecule has 2 N–H and O–H groups in total. The quantitative estimate of drug-likeness (QED) is 0.873. The van der Waals surface area contributed by atoms with E-state index in [-0.39, 0.29) is 11.7 Å². The summed E-state index contributed by atoms with van der Waals surface area (Å²) in [5.74, 6) is -0.659. The molecule has 0 aliphatic carbocycles. The fourth-order valence-electron chi connectivity index (χ4n) is 1.77. The minimum atomic E-state index is -0.798. The third kappa shape index (κ3) is 2.40. The molecule has 2 rings (SSSR count). The fraction of sp³-hybridized carbons (Fsp3) is 0.231. The van der Waals surface area contributed by atoms with Crippen LogP contribution in [0.3, 0.4) is 0 Å². The van der Waals surface area contributed by atoms with Crippen LogP contribution in [0.15, 0.2) is 36.8 Å². The van der Waals surface area contributed by atoms with E-state index in [0.717, 1.165) is 0 Å². The van der Waals surface area contributed by atoms with E-state index in [2.05, 4.69) is 15.3 Å². The van der Waals surface area contributed by atoms with E-state index in [0.29, 0.717) is 11.3 Å². The van der Waals surface area contributed by atoms with Crippen molar-refractivity contribution in [1.29, 1.82) is 0 Å². The summed E-state index contributed by atoms with van der Waals surface area (Å²) in [6.07, 6.45) is 2.85. The number of hydrogen-bond donors (Lipinski definition) is 2. The second kappa shape index (κ2) is 4.60. The van der Waals surface area contributed by atoms with Gasteiger partial charge in [0.1, 0.15) is 11.5 Å². The van der Waals surface area contributed by atoms with Gasteiger partial charge in [0.25, 0.3) is 5.91 Å². The highest BCUT2D eigenvalue weighted by molar-refractivity contribution is 5.92. The maximum absolute atomic E-state index is 13.7. The molecule has 0 saturated heterocycles. The third-order valence-corrected chi connectivity index (χ3v) is 2.72. The van der Waals surface area contributed by atoms with Crippen molar-refractivity contribution in [1.82, 2.24) is 15.3 Å². The van der Waals surface area contributed by atoms with Gasteiger partial charge in [0, 0.05) is 5.56 Å². The van der Waals surface area contributed by atoms with Crippen LogP contribution in [0.2, 0.25) is 0 Å². The Morgan fingerprint density at radius 1 is 1.39 bits per heavy atom. The van der Waals surface area contributed by atoms with Gasteiger partial charge in [-0.2, -0.15) is 0 Å². The van der Waals surface area contributed by atoms with Gasteiger partial charge >= 0.3 is 0 Å². The fourth-order valence-corrected chi connectivity index (χ4v) is 1.77. The van der Waals surface area contributed by atoms with Crippen LogP contribution in [0.1, 0.15) is 29.9 Å². The minimum absolute atomic E-state index is 0.319. The summed E-state index contributed by atoms with van der Waals surface area (Å²) in [5, 5.41) is 2.77. The van der Waals surface area contributed by atoms with E-state index in [1.165, 1.54) is 18.6 Å². The first-order valence-corrected chi connectivity index (χ1v) is 5.56. The molecule has 1 amide bonds. The Balaban J connectivity index is 2.22. The number of aromatic nitrogens is 2. The van der Waals surface area contributed by atoms with Crippen molar-refractivity contribution < 1.29 is 9.18 Å². The summed E-state index contributed by atoms with van der Waals surface area (Å²) in [6.45, 7) is 3.50. The van der Waals surface area contributed by atoms with Crippen molar-refractivity contribution in [2.24, 2.45) is 0 Å². The number of carbonyl (C=O) groups excluding carboxylic acids is 1. The Hall–Kier alpha value is -2.17. The van der Waals surface area contributed by atoms with Gasteiger partial charge in [-0.25, -0.2) is 9.37 Å². The van der Waals surface area contributed by atoms with Gasteiger partial charge in [-0.15, -0.1) is 0 Å². The Labute approximate surface area is 104 Å². The van der Waals surface area contributed by atoms with Gasteiger partial charge < -0.3 is 10.3 Å². The lowest BCUT2D eigenvalue weighted by atomic mass is 9.93. The number of hydrogen-bond acceptors (Lipinski definition) is 2. The molecule has 0 saturated carbocycles. The first kappa shape index (κ1) is 12.3. The second-order valence-corrected chi connectivity index (χ2v) is 4.52. The lowest BCUT2D eigenvalue weighted by molar-refractivity contribution is 0.0906. The summed E-state index contributed by atoms with van der Waals surface area (Å²) >= 11 is 0. The summed E-state index contributed by atoms with van der Waals surface area (Å²) < 4.78 is 13.7. The maximum Gasteiger partial charge on any atom is 0.270 e. The number of nitrogens with zero attached hydrogens (tertiary/aromatic N) is 1. The monoisotopic (exact) mass is 247 g/mol. The summed E-state index contributed by atoms with van der Waals surface area (Å²) in [6, 6.07) is 6.39. The number of nitrogens with one attached hydrogen (secondary N) is 2. The molecule has 0 fully saturated rings. The highest BCUT2D eigenvalue weighted by Gasteiger charge is 2.26. The predicted octanol–water partition coefficient (Wildman–Crippen LogP) is 2.21. The molecule has 18 heavy (non-hydrogen) atoms. The number of amides is 1. The molecular formula is C13H14FN3O. The normalized spacial score (nSPS) is 11.3. The van der Waals surface area contributed by atoms with Crippen molar-refractivity contribution in [3.8, 4) is 0 Å². The smallest absolute Gasteiger partial charge is 0.270 e. The van der Waals surface area contributed by atoms with Gasteiger partial charge in [-0.05, 0) is 19.9 Å². The van der Waals surface area contributed by atoms with Gasteiger partial charge in [0.05, 0.1) is 18.1 Å². The number of halogens is 1. The molecule has 5 heteroatoms. The molecule has 0 atom stereocenters. The topological polar surface area (TPSA) is 57.8 Å². The van der Waals surface area contributed by atoms with Crippen LogP contribution in [-0.4, -0.2) is 15.9 Å². The molecule has 2 aromatic rings. The minimum Gasteiger partial charge on any atom is -0.342 e. The highest BCUT2D eigenvalue weighted by atomic mass is 19.1. The number of benzene rings is 1. The molecule has 0 aliphatic rings. The van der Waals surface area contributed by atoms with Crippen molar-refractivity contribution in [2.75, 3.05) is 0 Å². The molecule has 94 valence electrons. The molecule has 1 aromatic carbocycles. The lowest BCUT2D eigenvalue weighted by Gasteiger charge is -2.27. The van der Waals surface area contributed by atoms with Crippen molar-refractivity contribution in [2.45, 2.75) is 19.4 Å². The van der Waals surface area contributed by atoms with E-state index in [4.69, 9.17) is 0 Å². The van der Waals surface area contributed by atoms with E-state index in [9.17, 15) is 9.18 Å². The lowest BCUT2D eigenvalue weighted by Crippen LogP contribution is -2.41. The number of rotatable bonds is 3. The third-order valence-electron chi connectivity index (χ3n) is 2.72. The van der Waals surface area contributed by atoms with Crippen LogP contribution in [0.5, 0.6) is 0 Å². The van der Waals surface area contributed by atoms with Crippen LogP contribution < -0.4 is 5.32 Å². The summed E-state index contributed by atoms with van der Waals surface area (Å²) in [7, 11) is 0. The number of imidazole rings is 1. The van der Waals surface area contributed by atoms with Gasteiger partial charge in [-0.1, -0.05) is 18.2 Å². The zero-order chi connectivity index (χ0) is 13.2. The standard InChI is InChI=1S/C13H14FN3O/c1-13(2,9-5-3-4-6-10(9)14)17-12(18)11-7-15-8-16-11/h3-8H,1-2H3,(H,15,16)(H,17,18). The van der Waals surface area contributed by atoms with Crippen molar-refractivity contribution in [3.05, 3.63) is 53.9 Å².